The molecular weight excluding hydrogens is 332 g/mol. The normalized spacial score (nSPS) is 20.4. The first-order chi connectivity index (χ1) is 13.3. The Bertz CT molecular complexity index is 986. The Morgan fingerprint density at radius 3 is 2.74 bits per heavy atom. The average Bonchev–Trinajstić information content (AvgIpc) is 3.08. The molecule has 3 aromatic rings. The summed E-state index contributed by atoms with van der Waals surface area (Å²) in [4.78, 5) is 6.12. The van der Waals surface area contributed by atoms with E-state index in [4.69, 9.17) is 0 Å². The Morgan fingerprint density at radius 2 is 1.93 bits per heavy atom. The number of nitrogens with zero attached hydrogens (tertiary/aromatic N) is 1. The first kappa shape index (κ1) is 16.6. The van der Waals surface area contributed by atoms with Gasteiger partial charge in [0.2, 0.25) is 0 Å². The van der Waals surface area contributed by atoms with Gasteiger partial charge in [0.25, 0.3) is 0 Å². The second-order valence-electron chi connectivity index (χ2n) is 8.00. The highest BCUT2D eigenvalue weighted by Gasteiger charge is 2.26. The topological polar surface area (TPSA) is 39.3 Å². The summed E-state index contributed by atoms with van der Waals surface area (Å²) in [6.07, 6.45) is 6.93. The fourth-order valence-corrected chi connectivity index (χ4v) is 4.84. The lowest BCUT2D eigenvalue weighted by Gasteiger charge is -2.32. The molecule has 3 nitrogen and oxygen atoms in total. The minimum Gasteiger partial charge on any atom is -0.507 e. The Kier molecular flexibility index (Phi) is 4.25. The molecule has 2 N–H and O–H groups in total. The lowest BCUT2D eigenvalue weighted by atomic mass is 9.85. The molecule has 27 heavy (non-hydrogen) atoms. The number of aromatic nitrogens is 1. The standard InChI is InChI=1S/C24H26N2O/c27-23-8-4-7-22-24(23)20-15-17(9-10-21(20)25-22)16-26-13-11-19(12-14-26)18-5-2-1-3-6-18/h1-8,11,17,25,27H,9-10,12-16H2. The fourth-order valence-electron chi connectivity index (χ4n) is 4.84. The predicted octanol–water partition coefficient (Wildman–Crippen LogP) is 4.77. The van der Waals surface area contributed by atoms with E-state index in [1.165, 1.54) is 28.8 Å². The third-order valence-electron chi connectivity index (χ3n) is 6.24. The Hall–Kier alpha value is -2.52. The lowest BCUT2D eigenvalue weighted by molar-refractivity contribution is 0.238. The lowest BCUT2D eigenvalue weighted by Crippen LogP contribution is -2.35. The molecule has 0 saturated carbocycles. The number of H-pyrrole nitrogens is 1. The summed E-state index contributed by atoms with van der Waals surface area (Å²) in [5, 5.41) is 11.4. The Labute approximate surface area is 160 Å². The first-order valence-electron chi connectivity index (χ1n) is 10.1. The summed E-state index contributed by atoms with van der Waals surface area (Å²) < 4.78 is 0. The van der Waals surface area contributed by atoms with Gasteiger partial charge < -0.3 is 10.1 Å². The van der Waals surface area contributed by atoms with Gasteiger partial charge in [-0.2, -0.15) is 0 Å². The van der Waals surface area contributed by atoms with Gasteiger partial charge in [-0.15, -0.1) is 0 Å². The number of hydrogen-bond acceptors (Lipinski definition) is 2. The van der Waals surface area contributed by atoms with Gasteiger partial charge in [0.15, 0.2) is 0 Å². The highest BCUT2D eigenvalue weighted by Crippen LogP contribution is 2.36. The number of benzene rings is 2. The number of rotatable bonds is 3. The summed E-state index contributed by atoms with van der Waals surface area (Å²) in [5.41, 5.74) is 6.60. The molecule has 0 bridgehead atoms. The van der Waals surface area contributed by atoms with Crippen molar-refractivity contribution >= 4 is 16.5 Å². The summed E-state index contributed by atoms with van der Waals surface area (Å²) in [5.74, 6) is 1.09. The number of hydrogen-bond donors (Lipinski definition) is 2. The molecule has 1 aliphatic heterocycles. The first-order valence-corrected chi connectivity index (χ1v) is 10.1. The van der Waals surface area contributed by atoms with Crippen molar-refractivity contribution in [3.05, 3.63) is 71.4 Å². The molecule has 1 aliphatic carbocycles. The Balaban J connectivity index is 1.28. The molecule has 0 spiro atoms. The second-order valence-corrected chi connectivity index (χ2v) is 8.00. The van der Waals surface area contributed by atoms with Crippen molar-refractivity contribution < 1.29 is 5.11 Å². The zero-order chi connectivity index (χ0) is 18.2. The van der Waals surface area contributed by atoms with Crippen LogP contribution in [0.15, 0.2) is 54.6 Å². The average molecular weight is 358 g/mol. The van der Waals surface area contributed by atoms with Gasteiger partial charge in [0, 0.05) is 36.2 Å². The number of phenols is 1. The van der Waals surface area contributed by atoms with Crippen LogP contribution < -0.4 is 0 Å². The van der Waals surface area contributed by atoms with Crippen LogP contribution in [0, 0.1) is 5.92 Å². The Morgan fingerprint density at radius 1 is 1.04 bits per heavy atom. The summed E-state index contributed by atoms with van der Waals surface area (Å²) in [6, 6.07) is 16.6. The van der Waals surface area contributed by atoms with E-state index in [-0.39, 0.29) is 0 Å². The molecule has 0 radical (unpaired) electrons. The number of aromatic hydroxyl groups is 1. The number of fused-ring (bicyclic) bond motifs is 3. The van der Waals surface area contributed by atoms with Crippen LogP contribution in [0.5, 0.6) is 5.75 Å². The van der Waals surface area contributed by atoms with Crippen LogP contribution in [-0.2, 0) is 12.8 Å². The molecule has 0 saturated heterocycles. The number of aryl methyl sites for hydroxylation is 1. The van der Waals surface area contributed by atoms with Gasteiger partial charge in [-0.25, -0.2) is 0 Å². The molecule has 0 fully saturated rings. The molecule has 2 heterocycles. The van der Waals surface area contributed by atoms with Crippen molar-refractivity contribution in [2.45, 2.75) is 25.7 Å². The smallest absolute Gasteiger partial charge is 0.125 e. The molecule has 2 aliphatic rings. The van der Waals surface area contributed by atoms with Crippen LogP contribution >= 0.6 is 0 Å². The highest BCUT2D eigenvalue weighted by molar-refractivity contribution is 5.90. The zero-order valence-corrected chi connectivity index (χ0v) is 15.6. The summed E-state index contributed by atoms with van der Waals surface area (Å²) >= 11 is 0. The van der Waals surface area contributed by atoms with E-state index in [2.05, 4.69) is 52.4 Å². The third kappa shape index (κ3) is 3.17. The quantitative estimate of drug-likeness (QED) is 0.708. The van der Waals surface area contributed by atoms with E-state index in [0.717, 1.165) is 49.8 Å². The van der Waals surface area contributed by atoms with E-state index >= 15 is 0 Å². The van der Waals surface area contributed by atoms with E-state index in [9.17, 15) is 5.11 Å². The van der Waals surface area contributed by atoms with Gasteiger partial charge >= 0.3 is 0 Å². The second kappa shape index (κ2) is 6.90. The SMILES string of the molecule is Oc1cccc2[nH]c3c(c12)CC(CN1CC=C(c2ccccc2)CC1)CC3. The van der Waals surface area contributed by atoms with Crippen molar-refractivity contribution in [1.29, 1.82) is 0 Å². The summed E-state index contributed by atoms with van der Waals surface area (Å²) in [7, 11) is 0. The molecule has 1 atom stereocenters. The maximum atomic E-state index is 10.3. The number of aromatic amines is 1. The monoisotopic (exact) mass is 358 g/mol. The predicted molar refractivity (Wildman–Crippen MR) is 111 cm³/mol. The summed E-state index contributed by atoms with van der Waals surface area (Å²) in [6.45, 7) is 3.34. The molecule has 5 rings (SSSR count). The largest absolute Gasteiger partial charge is 0.507 e. The molecule has 1 unspecified atom stereocenters. The maximum absolute atomic E-state index is 10.3. The van der Waals surface area contributed by atoms with Gasteiger partial charge in [-0.3, -0.25) is 4.90 Å². The van der Waals surface area contributed by atoms with E-state index < -0.39 is 0 Å². The fraction of sp³-hybridized carbons (Fsp3) is 0.333. The molecule has 138 valence electrons. The van der Waals surface area contributed by atoms with Crippen molar-refractivity contribution in [3.8, 4) is 5.75 Å². The van der Waals surface area contributed by atoms with Gasteiger partial charge in [0.05, 0.1) is 0 Å². The van der Waals surface area contributed by atoms with Crippen LogP contribution in [0.1, 0.15) is 29.7 Å². The van der Waals surface area contributed by atoms with Crippen LogP contribution in [-0.4, -0.2) is 34.6 Å². The minimum atomic E-state index is 0.416. The van der Waals surface area contributed by atoms with Crippen molar-refractivity contribution in [2.75, 3.05) is 19.6 Å². The van der Waals surface area contributed by atoms with Gasteiger partial charge in [-0.1, -0.05) is 42.5 Å². The van der Waals surface area contributed by atoms with Crippen LogP contribution in [0.2, 0.25) is 0 Å². The van der Waals surface area contributed by atoms with Gasteiger partial charge in [-0.05, 0) is 60.4 Å². The number of phenolic OH excluding ortho intramolecular Hbond substituents is 1. The molecular formula is C24H26N2O. The molecule has 0 amide bonds. The molecule has 2 aromatic carbocycles. The van der Waals surface area contributed by atoms with Crippen molar-refractivity contribution in [1.82, 2.24) is 9.88 Å². The maximum Gasteiger partial charge on any atom is 0.125 e. The van der Waals surface area contributed by atoms with Crippen LogP contribution in [0.4, 0.5) is 0 Å². The van der Waals surface area contributed by atoms with E-state index in [1.807, 2.05) is 6.07 Å². The highest BCUT2D eigenvalue weighted by atomic mass is 16.3. The molecule has 3 heteroatoms. The number of nitrogens with one attached hydrogen (secondary N) is 1. The van der Waals surface area contributed by atoms with E-state index in [0.29, 0.717) is 11.7 Å². The molecule has 1 aromatic heterocycles. The van der Waals surface area contributed by atoms with E-state index in [1.54, 1.807) is 6.07 Å². The minimum absolute atomic E-state index is 0.416. The van der Waals surface area contributed by atoms with Crippen molar-refractivity contribution in [3.63, 3.8) is 0 Å². The van der Waals surface area contributed by atoms with Crippen LogP contribution in [0.3, 0.4) is 0 Å². The third-order valence-corrected chi connectivity index (χ3v) is 6.24. The zero-order valence-electron chi connectivity index (χ0n) is 15.6. The van der Waals surface area contributed by atoms with Crippen molar-refractivity contribution in [2.24, 2.45) is 5.92 Å². The van der Waals surface area contributed by atoms with Crippen LogP contribution in [0.25, 0.3) is 16.5 Å². The van der Waals surface area contributed by atoms with Gasteiger partial charge in [0.1, 0.15) is 5.75 Å².